The quantitative estimate of drug-likeness (QED) is 0.729. The Morgan fingerprint density at radius 3 is 2.78 bits per heavy atom. The maximum absolute atomic E-state index is 13.4. The van der Waals surface area contributed by atoms with E-state index in [1.807, 2.05) is 13.8 Å². The molecular formula is C13H16FN3O. The number of nitrogens with one attached hydrogen (secondary N) is 1. The van der Waals surface area contributed by atoms with E-state index < -0.39 is 11.4 Å². The molecule has 2 rings (SSSR count). The van der Waals surface area contributed by atoms with E-state index in [1.165, 1.54) is 12.1 Å². The second-order valence-electron chi connectivity index (χ2n) is 4.92. The van der Waals surface area contributed by atoms with E-state index in [2.05, 4.69) is 10.3 Å². The number of fused-ring (bicyclic) bond motifs is 1. The lowest BCUT2D eigenvalue weighted by Gasteiger charge is -2.25. The third kappa shape index (κ3) is 2.36. The number of benzene rings is 1. The molecular weight excluding hydrogens is 233 g/mol. The van der Waals surface area contributed by atoms with Gasteiger partial charge in [0.1, 0.15) is 11.6 Å². The van der Waals surface area contributed by atoms with Crippen molar-refractivity contribution >= 4 is 22.3 Å². The molecule has 0 saturated heterocycles. The Morgan fingerprint density at radius 2 is 2.11 bits per heavy atom. The van der Waals surface area contributed by atoms with Crippen LogP contribution in [0.4, 0.5) is 15.9 Å². The largest absolute Gasteiger partial charge is 0.398 e. The van der Waals surface area contributed by atoms with Crippen molar-refractivity contribution < 1.29 is 9.50 Å². The van der Waals surface area contributed by atoms with Gasteiger partial charge in [-0.2, -0.15) is 0 Å². The predicted molar refractivity (Wildman–Crippen MR) is 70.9 cm³/mol. The molecule has 0 aliphatic heterocycles. The smallest absolute Gasteiger partial charge is 0.134 e. The zero-order chi connectivity index (χ0) is 13.3. The summed E-state index contributed by atoms with van der Waals surface area (Å²) in [5.74, 6) is 0.107. The first-order chi connectivity index (χ1) is 8.43. The third-order valence-electron chi connectivity index (χ3n) is 2.73. The maximum Gasteiger partial charge on any atom is 0.134 e. The van der Waals surface area contributed by atoms with Crippen LogP contribution in [0.3, 0.4) is 0 Å². The molecule has 4 nitrogen and oxygen atoms in total. The van der Waals surface area contributed by atoms with Gasteiger partial charge in [0.25, 0.3) is 0 Å². The van der Waals surface area contributed by atoms with Crippen molar-refractivity contribution in [2.24, 2.45) is 0 Å². The number of hydrogen-bond acceptors (Lipinski definition) is 4. The zero-order valence-corrected chi connectivity index (χ0v) is 10.4. The van der Waals surface area contributed by atoms with Crippen LogP contribution in [0.15, 0.2) is 24.4 Å². The van der Waals surface area contributed by atoms with E-state index in [9.17, 15) is 9.50 Å². The summed E-state index contributed by atoms with van der Waals surface area (Å²) < 4.78 is 13.4. The predicted octanol–water partition coefficient (Wildman–Crippen LogP) is 2.14. The Balaban J connectivity index is 2.58. The van der Waals surface area contributed by atoms with Crippen LogP contribution in [0, 0.1) is 5.82 Å². The molecule has 1 aromatic heterocycles. The van der Waals surface area contributed by atoms with Gasteiger partial charge >= 0.3 is 0 Å². The Bertz CT molecular complexity index is 584. The number of aromatic nitrogens is 1. The van der Waals surface area contributed by atoms with Crippen LogP contribution < -0.4 is 11.1 Å². The van der Waals surface area contributed by atoms with Gasteiger partial charge in [0.15, 0.2) is 0 Å². The number of hydrogen-bond donors (Lipinski definition) is 3. The van der Waals surface area contributed by atoms with Crippen LogP contribution in [0.5, 0.6) is 0 Å². The van der Waals surface area contributed by atoms with Crippen molar-refractivity contribution in [2.45, 2.75) is 19.4 Å². The molecule has 1 heterocycles. The number of nitrogens with two attached hydrogens (primary N) is 1. The fourth-order valence-corrected chi connectivity index (χ4v) is 1.74. The van der Waals surface area contributed by atoms with Gasteiger partial charge in [0.05, 0.1) is 12.1 Å². The highest BCUT2D eigenvalue weighted by atomic mass is 19.1. The van der Waals surface area contributed by atoms with Gasteiger partial charge in [-0.25, -0.2) is 9.37 Å². The molecule has 1 aromatic carbocycles. The Labute approximate surface area is 105 Å². The zero-order valence-electron chi connectivity index (χ0n) is 10.4. The van der Waals surface area contributed by atoms with E-state index in [0.717, 1.165) is 5.39 Å². The fraction of sp³-hybridized carbons (Fsp3) is 0.308. The summed E-state index contributed by atoms with van der Waals surface area (Å²) in [5.41, 5.74) is 5.61. The van der Waals surface area contributed by atoms with Crippen LogP contribution in [0.2, 0.25) is 0 Å². The Morgan fingerprint density at radius 1 is 1.39 bits per heavy atom. The van der Waals surface area contributed by atoms with Gasteiger partial charge in [-0.15, -0.1) is 0 Å². The van der Waals surface area contributed by atoms with Crippen molar-refractivity contribution in [3.63, 3.8) is 0 Å². The molecule has 96 valence electrons. The van der Waals surface area contributed by atoms with Gasteiger partial charge in [0, 0.05) is 22.7 Å². The molecule has 0 aliphatic carbocycles. The molecule has 18 heavy (non-hydrogen) atoms. The monoisotopic (exact) mass is 249 g/mol. The lowest BCUT2D eigenvalue weighted by atomic mass is 10.1. The second-order valence-corrected chi connectivity index (χ2v) is 4.92. The first-order valence-electron chi connectivity index (χ1n) is 5.66. The van der Waals surface area contributed by atoms with Crippen molar-refractivity contribution in [2.75, 3.05) is 17.7 Å². The standard InChI is InChI=1S/C13H16FN3O/c1-13(2,7-18)17-12-10-5-8(14)6-11(15)9(10)3-4-16-12/h3-6,18H,7,15H2,1-2H3,(H,16,17). The number of aliphatic hydroxyl groups excluding tert-OH is 1. The summed E-state index contributed by atoms with van der Waals surface area (Å²) in [7, 11) is 0. The van der Waals surface area contributed by atoms with E-state index >= 15 is 0 Å². The molecule has 0 bridgehead atoms. The average molecular weight is 249 g/mol. The summed E-state index contributed by atoms with van der Waals surface area (Å²) in [6.07, 6.45) is 1.60. The number of anilines is 2. The highest BCUT2D eigenvalue weighted by Crippen LogP contribution is 2.28. The van der Waals surface area contributed by atoms with Crippen LogP contribution in [0.1, 0.15) is 13.8 Å². The molecule has 0 spiro atoms. The molecule has 0 amide bonds. The summed E-state index contributed by atoms with van der Waals surface area (Å²) in [6, 6.07) is 4.40. The number of nitrogens with zero attached hydrogens (tertiary/aromatic N) is 1. The highest BCUT2D eigenvalue weighted by molar-refractivity contribution is 5.99. The minimum atomic E-state index is -0.539. The average Bonchev–Trinajstić information content (AvgIpc) is 2.30. The van der Waals surface area contributed by atoms with Crippen molar-refractivity contribution in [1.82, 2.24) is 4.98 Å². The van der Waals surface area contributed by atoms with E-state index in [-0.39, 0.29) is 6.61 Å². The van der Waals surface area contributed by atoms with Gasteiger partial charge in [-0.1, -0.05) is 0 Å². The van der Waals surface area contributed by atoms with Gasteiger partial charge in [-0.3, -0.25) is 0 Å². The van der Waals surface area contributed by atoms with Crippen LogP contribution >= 0.6 is 0 Å². The summed E-state index contributed by atoms with van der Waals surface area (Å²) in [6.45, 7) is 3.60. The van der Waals surface area contributed by atoms with Gasteiger partial charge in [0.2, 0.25) is 0 Å². The molecule has 5 heteroatoms. The molecule has 0 saturated carbocycles. The number of aliphatic hydroxyl groups is 1. The molecule has 0 fully saturated rings. The number of nitrogen functional groups attached to an aromatic ring is 1. The molecule has 0 aliphatic rings. The molecule has 2 aromatic rings. The second kappa shape index (κ2) is 4.42. The van der Waals surface area contributed by atoms with Gasteiger partial charge < -0.3 is 16.2 Å². The van der Waals surface area contributed by atoms with Crippen LogP contribution in [-0.2, 0) is 0 Å². The fourth-order valence-electron chi connectivity index (χ4n) is 1.74. The first kappa shape index (κ1) is 12.6. The summed E-state index contributed by atoms with van der Waals surface area (Å²) in [4.78, 5) is 4.18. The van der Waals surface area contributed by atoms with E-state index in [4.69, 9.17) is 5.73 Å². The van der Waals surface area contributed by atoms with E-state index in [1.54, 1.807) is 12.3 Å². The lowest BCUT2D eigenvalue weighted by molar-refractivity contribution is 0.234. The van der Waals surface area contributed by atoms with Crippen LogP contribution in [0.25, 0.3) is 10.8 Å². The molecule has 4 N–H and O–H groups in total. The maximum atomic E-state index is 13.4. The third-order valence-corrected chi connectivity index (χ3v) is 2.73. The first-order valence-corrected chi connectivity index (χ1v) is 5.66. The Hall–Kier alpha value is -1.88. The SMILES string of the molecule is CC(C)(CO)Nc1nccc2c(N)cc(F)cc12. The minimum absolute atomic E-state index is 0.0597. The topological polar surface area (TPSA) is 71.2 Å². The van der Waals surface area contributed by atoms with E-state index in [0.29, 0.717) is 16.9 Å². The molecule has 0 atom stereocenters. The number of pyridine rings is 1. The number of rotatable bonds is 3. The molecule has 0 radical (unpaired) electrons. The summed E-state index contributed by atoms with van der Waals surface area (Å²) in [5, 5.41) is 13.7. The van der Waals surface area contributed by atoms with Gasteiger partial charge in [-0.05, 0) is 32.0 Å². The highest BCUT2D eigenvalue weighted by Gasteiger charge is 2.18. The minimum Gasteiger partial charge on any atom is -0.398 e. The van der Waals surface area contributed by atoms with Crippen molar-refractivity contribution in [1.29, 1.82) is 0 Å². The van der Waals surface area contributed by atoms with Crippen molar-refractivity contribution in [3.8, 4) is 0 Å². The number of halogens is 1. The van der Waals surface area contributed by atoms with Crippen molar-refractivity contribution in [3.05, 3.63) is 30.2 Å². The lowest BCUT2D eigenvalue weighted by Crippen LogP contribution is -2.35. The Kier molecular flexibility index (Phi) is 3.09. The van der Waals surface area contributed by atoms with Crippen LogP contribution in [-0.4, -0.2) is 22.2 Å². The molecule has 0 unspecified atom stereocenters. The normalized spacial score (nSPS) is 11.8. The summed E-state index contributed by atoms with van der Waals surface area (Å²) >= 11 is 0.